The summed E-state index contributed by atoms with van der Waals surface area (Å²) in [5.41, 5.74) is -0.310. The van der Waals surface area contributed by atoms with Crippen LogP contribution < -0.4 is 10.6 Å². The van der Waals surface area contributed by atoms with E-state index in [2.05, 4.69) is 10.6 Å². The zero-order valence-corrected chi connectivity index (χ0v) is 15.0. The van der Waals surface area contributed by atoms with E-state index in [-0.39, 0.29) is 16.9 Å². The van der Waals surface area contributed by atoms with E-state index in [9.17, 15) is 9.59 Å². The molecule has 5 fully saturated rings. The summed E-state index contributed by atoms with van der Waals surface area (Å²) in [5.74, 6) is 1.62. The van der Waals surface area contributed by atoms with Gasteiger partial charge in [-0.3, -0.25) is 9.59 Å². The summed E-state index contributed by atoms with van der Waals surface area (Å²) < 4.78 is 0. The first-order chi connectivity index (χ1) is 11.5. The number of carbonyl (C=O) groups is 2. The van der Waals surface area contributed by atoms with Gasteiger partial charge in [0.05, 0.1) is 5.41 Å². The molecule has 0 heterocycles. The largest absolute Gasteiger partial charge is 0.353 e. The highest BCUT2D eigenvalue weighted by molar-refractivity contribution is 5.84. The van der Waals surface area contributed by atoms with Crippen molar-refractivity contribution in [1.29, 1.82) is 0 Å². The minimum absolute atomic E-state index is 0.0660. The monoisotopic (exact) mass is 332 g/mol. The van der Waals surface area contributed by atoms with E-state index in [4.69, 9.17) is 0 Å². The van der Waals surface area contributed by atoms with Crippen LogP contribution in [0.3, 0.4) is 0 Å². The summed E-state index contributed by atoms with van der Waals surface area (Å²) in [6.45, 7) is 1.62. The van der Waals surface area contributed by atoms with Gasteiger partial charge in [0.15, 0.2) is 0 Å². The molecule has 4 atom stereocenters. The third-order valence-corrected chi connectivity index (χ3v) is 7.17. The molecule has 5 saturated carbocycles. The van der Waals surface area contributed by atoms with Crippen molar-refractivity contribution in [2.45, 2.75) is 95.6 Å². The first-order valence-electron chi connectivity index (χ1n) is 10.1. The van der Waals surface area contributed by atoms with Crippen molar-refractivity contribution in [3.63, 3.8) is 0 Å². The molecule has 4 heteroatoms. The second-order valence-electron chi connectivity index (χ2n) is 9.36. The maximum absolute atomic E-state index is 13.3. The predicted octanol–water partition coefficient (Wildman–Crippen LogP) is 3.30. The molecule has 4 nitrogen and oxygen atoms in total. The Bertz CT molecular complexity index is 508. The van der Waals surface area contributed by atoms with E-state index in [1.807, 2.05) is 0 Å². The minimum atomic E-state index is -0.209. The maximum atomic E-state index is 13.3. The fourth-order valence-corrected chi connectivity index (χ4v) is 6.81. The van der Waals surface area contributed by atoms with Crippen LogP contribution in [0.25, 0.3) is 0 Å². The molecule has 5 rings (SSSR count). The van der Waals surface area contributed by atoms with Gasteiger partial charge in [0.2, 0.25) is 11.8 Å². The average molecular weight is 332 g/mol. The van der Waals surface area contributed by atoms with Crippen molar-refractivity contribution in [2.75, 3.05) is 0 Å². The van der Waals surface area contributed by atoms with E-state index < -0.39 is 0 Å². The van der Waals surface area contributed by atoms with Gasteiger partial charge in [-0.1, -0.05) is 25.7 Å². The summed E-state index contributed by atoms with van der Waals surface area (Å²) in [4.78, 5) is 25.0. The molecule has 2 N–H and O–H groups in total. The molecule has 5 aliphatic rings. The fourth-order valence-electron chi connectivity index (χ4n) is 6.81. The van der Waals surface area contributed by atoms with Crippen LogP contribution in [0.15, 0.2) is 0 Å². The van der Waals surface area contributed by atoms with Crippen LogP contribution in [0.1, 0.15) is 84.0 Å². The molecular formula is C20H32N2O2. The first kappa shape index (κ1) is 16.4. The molecule has 5 aliphatic carbocycles. The topological polar surface area (TPSA) is 58.2 Å². The SMILES string of the molecule is CC(=O)NC12C[C@H]3C[C@@H](C1)CC(C(=O)NC1CCCCCC1)(C3)C2. The third-order valence-electron chi connectivity index (χ3n) is 7.17. The van der Waals surface area contributed by atoms with Crippen LogP contribution in [0.2, 0.25) is 0 Å². The number of hydrogen-bond donors (Lipinski definition) is 2. The normalized spacial score (nSPS) is 41.7. The standard InChI is InChI=1S/C20H32N2O2/c1-14(23)22-20-11-15-8-16(12-20)10-19(9-15,13-20)18(24)21-17-6-4-2-3-5-7-17/h15-17H,2-13H2,1H3,(H,21,24)(H,22,23)/t15-,16+,19?,20?. The molecule has 0 aliphatic heterocycles. The molecule has 0 aromatic heterocycles. The van der Waals surface area contributed by atoms with E-state index >= 15 is 0 Å². The molecule has 0 aromatic carbocycles. The summed E-state index contributed by atoms with van der Waals surface area (Å²) in [6, 6.07) is 0.379. The quantitative estimate of drug-likeness (QED) is 0.779. The molecule has 2 amide bonds. The van der Waals surface area contributed by atoms with Gasteiger partial charge >= 0.3 is 0 Å². The Morgan fingerprint density at radius 2 is 1.54 bits per heavy atom. The Morgan fingerprint density at radius 3 is 2.12 bits per heavy atom. The maximum Gasteiger partial charge on any atom is 0.226 e. The highest BCUT2D eigenvalue weighted by Gasteiger charge is 2.60. The zero-order chi connectivity index (χ0) is 16.8. The lowest BCUT2D eigenvalue weighted by atomic mass is 9.46. The summed E-state index contributed by atoms with van der Waals surface area (Å²) in [5, 5.41) is 6.70. The molecule has 0 radical (unpaired) electrons. The van der Waals surface area contributed by atoms with Crippen molar-refractivity contribution in [1.82, 2.24) is 10.6 Å². The van der Waals surface area contributed by atoms with E-state index in [0.29, 0.717) is 23.8 Å². The van der Waals surface area contributed by atoms with Gasteiger partial charge < -0.3 is 10.6 Å². The highest BCUT2D eigenvalue weighted by Crippen LogP contribution is 2.61. The smallest absolute Gasteiger partial charge is 0.226 e. The van der Waals surface area contributed by atoms with E-state index in [0.717, 1.165) is 44.9 Å². The van der Waals surface area contributed by atoms with Gasteiger partial charge in [-0.05, 0) is 63.2 Å². The highest BCUT2D eigenvalue weighted by atomic mass is 16.2. The van der Waals surface area contributed by atoms with Crippen LogP contribution in [0.4, 0.5) is 0 Å². The number of rotatable bonds is 3. The molecule has 134 valence electrons. The third kappa shape index (κ3) is 2.97. The summed E-state index contributed by atoms with van der Waals surface area (Å²) >= 11 is 0. The molecule has 0 spiro atoms. The van der Waals surface area contributed by atoms with Crippen molar-refractivity contribution < 1.29 is 9.59 Å². The minimum Gasteiger partial charge on any atom is -0.353 e. The second kappa shape index (κ2) is 6.03. The van der Waals surface area contributed by atoms with Crippen LogP contribution in [0, 0.1) is 17.3 Å². The summed E-state index contributed by atoms with van der Waals surface area (Å²) in [7, 11) is 0. The van der Waals surface area contributed by atoms with Crippen molar-refractivity contribution in [2.24, 2.45) is 17.3 Å². The van der Waals surface area contributed by atoms with Crippen LogP contribution in [-0.2, 0) is 9.59 Å². The number of carbonyl (C=O) groups excluding carboxylic acids is 2. The zero-order valence-electron chi connectivity index (χ0n) is 15.0. The molecule has 0 saturated heterocycles. The van der Waals surface area contributed by atoms with Crippen LogP contribution >= 0.6 is 0 Å². The Balaban J connectivity index is 1.51. The van der Waals surface area contributed by atoms with Crippen molar-refractivity contribution in [3.8, 4) is 0 Å². The molecule has 0 aromatic rings. The van der Waals surface area contributed by atoms with Gasteiger partial charge in [-0.15, -0.1) is 0 Å². The molecule has 4 bridgehead atoms. The Hall–Kier alpha value is -1.06. The molecule has 24 heavy (non-hydrogen) atoms. The lowest BCUT2D eigenvalue weighted by molar-refractivity contribution is -0.153. The fraction of sp³-hybridized carbons (Fsp3) is 0.900. The van der Waals surface area contributed by atoms with Gasteiger partial charge in [-0.2, -0.15) is 0 Å². The van der Waals surface area contributed by atoms with Crippen molar-refractivity contribution in [3.05, 3.63) is 0 Å². The summed E-state index contributed by atoms with van der Waals surface area (Å²) in [6.07, 6.45) is 13.8. The Kier molecular flexibility index (Phi) is 4.12. The Morgan fingerprint density at radius 1 is 0.917 bits per heavy atom. The van der Waals surface area contributed by atoms with Gasteiger partial charge in [0.1, 0.15) is 0 Å². The van der Waals surface area contributed by atoms with Crippen LogP contribution in [-0.4, -0.2) is 23.4 Å². The number of amides is 2. The van der Waals surface area contributed by atoms with Gasteiger partial charge in [-0.25, -0.2) is 0 Å². The molecule has 2 unspecified atom stereocenters. The van der Waals surface area contributed by atoms with Crippen molar-refractivity contribution >= 4 is 11.8 Å². The molecular weight excluding hydrogens is 300 g/mol. The lowest BCUT2D eigenvalue weighted by Crippen LogP contribution is -2.66. The lowest BCUT2D eigenvalue weighted by Gasteiger charge is -2.61. The number of hydrogen-bond acceptors (Lipinski definition) is 2. The van der Waals surface area contributed by atoms with Gasteiger partial charge in [0, 0.05) is 18.5 Å². The average Bonchev–Trinajstić information content (AvgIpc) is 2.73. The predicted molar refractivity (Wildman–Crippen MR) is 93.3 cm³/mol. The van der Waals surface area contributed by atoms with Gasteiger partial charge in [0.25, 0.3) is 0 Å². The number of nitrogens with one attached hydrogen (secondary N) is 2. The Labute approximate surface area is 145 Å². The van der Waals surface area contributed by atoms with E-state index in [1.165, 1.54) is 32.1 Å². The van der Waals surface area contributed by atoms with E-state index in [1.54, 1.807) is 6.92 Å². The second-order valence-corrected chi connectivity index (χ2v) is 9.36. The van der Waals surface area contributed by atoms with Crippen LogP contribution in [0.5, 0.6) is 0 Å². The first-order valence-corrected chi connectivity index (χ1v) is 10.1.